The van der Waals surface area contributed by atoms with Crippen molar-refractivity contribution in [1.29, 1.82) is 0 Å². The monoisotopic (exact) mass is 297 g/mol. The van der Waals surface area contributed by atoms with E-state index in [-0.39, 0.29) is 0 Å². The first-order valence-corrected chi connectivity index (χ1v) is 8.72. The molecule has 2 rings (SSSR count). The molecule has 0 bridgehead atoms. The largest absolute Gasteiger partial charge is 0.369 e. The summed E-state index contributed by atoms with van der Waals surface area (Å²) in [6, 6.07) is 3.31. The van der Waals surface area contributed by atoms with E-state index in [0.29, 0.717) is 36.3 Å². The Morgan fingerprint density at radius 2 is 2.25 bits per heavy atom. The summed E-state index contributed by atoms with van der Waals surface area (Å²) in [5, 5.41) is 3.03. The van der Waals surface area contributed by atoms with E-state index in [2.05, 4.69) is 17.2 Å². The molecule has 1 unspecified atom stereocenters. The second-order valence-electron chi connectivity index (χ2n) is 5.19. The molecule has 1 aromatic heterocycles. The standard InChI is InChI=1S/C14H23N3O2S/c1-3-6-12-8-10-17(11-12)20(18,19)13-7-5-9-16-14(13)15-4-2/h5,7,9,12H,3-4,6,8,10-11H2,1-2H3,(H,15,16). The van der Waals surface area contributed by atoms with Gasteiger partial charge in [0.1, 0.15) is 10.7 Å². The van der Waals surface area contributed by atoms with E-state index in [9.17, 15) is 8.42 Å². The molecule has 2 heterocycles. The molecule has 0 aromatic carbocycles. The van der Waals surface area contributed by atoms with Gasteiger partial charge in [0.15, 0.2) is 0 Å². The number of nitrogens with one attached hydrogen (secondary N) is 1. The fourth-order valence-electron chi connectivity index (χ4n) is 2.70. The fourth-order valence-corrected chi connectivity index (χ4v) is 4.35. The van der Waals surface area contributed by atoms with Gasteiger partial charge in [0.05, 0.1) is 0 Å². The maximum Gasteiger partial charge on any atom is 0.246 e. The molecule has 20 heavy (non-hydrogen) atoms. The highest BCUT2D eigenvalue weighted by molar-refractivity contribution is 7.89. The van der Waals surface area contributed by atoms with E-state index in [1.54, 1.807) is 22.6 Å². The summed E-state index contributed by atoms with van der Waals surface area (Å²) >= 11 is 0. The third kappa shape index (κ3) is 3.12. The predicted molar refractivity (Wildman–Crippen MR) is 80.2 cm³/mol. The van der Waals surface area contributed by atoms with Gasteiger partial charge in [-0.1, -0.05) is 13.3 Å². The second kappa shape index (κ2) is 6.54. The molecule has 1 saturated heterocycles. The van der Waals surface area contributed by atoms with Crippen molar-refractivity contribution in [3.05, 3.63) is 18.3 Å². The maximum atomic E-state index is 12.7. The van der Waals surface area contributed by atoms with Gasteiger partial charge in [0.25, 0.3) is 0 Å². The zero-order valence-electron chi connectivity index (χ0n) is 12.2. The van der Waals surface area contributed by atoms with E-state index < -0.39 is 10.0 Å². The quantitative estimate of drug-likeness (QED) is 0.875. The highest BCUT2D eigenvalue weighted by atomic mass is 32.2. The van der Waals surface area contributed by atoms with Gasteiger partial charge < -0.3 is 5.32 Å². The van der Waals surface area contributed by atoms with Crippen molar-refractivity contribution >= 4 is 15.8 Å². The first-order valence-electron chi connectivity index (χ1n) is 7.28. The lowest BCUT2D eigenvalue weighted by molar-refractivity contribution is 0.444. The molecule has 5 nitrogen and oxygen atoms in total. The van der Waals surface area contributed by atoms with Gasteiger partial charge >= 0.3 is 0 Å². The Hall–Kier alpha value is -1.14. The average Bonchev–Trinajstić information content (AvgIpc) is 2.89. The molecule has 1 aliphatic rings. The summed E-state index contributed by atoms with van der Waals surface area (Å²) in [6.45, 7) is 5.97. The normalized spacial score (nSPS) is 20.2. The van der Waals surface area contributed by atoms with Crippen molar-refractivity contribution in [3.63, 3.8) is 0 Å². The number of anilines is 1. The van der Waals surface area contributed by atoms with Crippen molar-refractivity contribution in [3.8, 4) is 0 Å². The molecule has 0 saturated carbocycles. The number of aromatic nitrogens is 1. The molecule has 1 aliphatic heterocycles. The molecule has 1 aromatic rings. The minimum absolute atomic E-state index is 0.291. The van der Waals surface area contributed by atoms with Crippen LogP contribution in [0.15, 0.2) is 23.2 Å². The fraction of sp³-hybridized carbons (Fsp3) is 0.643. The third-order valence-corrected chi connectivity index (χ3v) is 5.57. The lowest BCUT2D eigenvalue weighted by Gasteiger charge is -2.18. The van der Waals surface area contributed by atoms with Crippen molar-refractivity contribution < 1.29 is 8.42 Å². The predicted octanol–water partition coefficient (Wildman–Crippen LogP) is 2.32. The molecule has 1 N–H and O–H groups in total. The Kier molecular flexibility index (Phi) is 4.99. The first-order chi connectivity index (χ1) is 9.59. The third-order valence-electron chi connectivity index (χ3n) is 3.68. The van der Waals surface area contributed by atoms with Gasteiger partial charge in [-0.25, -0.2) is 13.4 Å². The Morgan fingerprint density at radius 3 is 2.95 bits per heavy atom. The van der Waals surface area contributed by atoms with Crippen molar-refractivity contribution in [2.24, 2.45) is 5.92 Å². The van der Waals surface area contributed by atoms with Gasteiger partial charge in [-0.3, -0.25) is 0 Å². The summed E-state index contributed by atoms with van der Waals surface area (Å²) in [6.07, 6.45) is 4.78. The van der Waals surface area contributed by atoms with Gasteiger partial charge in [-0.05, 0) is 37.8 Å². The molecule has 1 atom stereocenters. The summed E-state index contributed by atoms with van der Waals surface area (Å²) in [5.74, 6) is 0.947. The summed E-state index contributed by atoms with van der Waals surface area (Å²) in [7, 11) is -3.43. The van der Waals surface area contributed by atoms with Crippen LogP contribution in [0.4, 0.5) is 5.82 Å². The molecule has 0 spiro atoms. The van der Waals surface area contributed by atoms with Gasteiger partial charge in [0, 0.05) is 25.8 Å². The number of pyridine rings is 1. The van der Waals surface area contributed by atoms with Crippen LogP contribution in [0.2, 0.25) is 0 Å². The van der Waals surface area contributed by atoms with Crippen LogP contribution in [0.3, 0.4) is 0 Å². The zero-order chi connectivity index (χ0) is 14.6. The number of hydrogen-bond donors (Lipinski definition) is 1. The number of nitrogens with zero attached hydrogens (tertiary/aromatic N) is 2. The van der Waals surface area contributed by atoms with Gasteiger partial charge in [-0.15, -0.1) is 0 Å². The Bertz CT molecular complexity index is 545. The van der Waals surface area contributed by atoms with Crippen LogP contribution >= 0.6 is 0 Å². The molecular weight excluding hydrogens is 274 g/mol. The van der Waals surface area contributed by atoms with Crippen LogP contribution < -0.4 is 5.32 Å². The van der Waals surface area contributed by atoms with E-state index >= 15 is 0 Å². The Morgan fingerprint density at radius 1 is 1.45 bits per heavy atom. The summed E-state index contributed by atoms with van der Waals surface area (Å²) in [5.41, 5.74) is 0. The van der Waals surface area contributed by atoms with E-state index in [0.717, 1.165) is 19.3 Å². The molecule has 0 aliphatic carbocycles. The highest BCUT2D eigenvalue weighted by Gasteiger charge is 2.33. The molecule has 6 heteroatoms. The minimum atomic E-state index is -3.43. The highest BCUT2D eigenvalue weighted by Crippen LogP contribution is 2.29. The van der Waals surface area contributed by atoms with Crippen molar-refractivity contribution in [2.75, 3.05) is 25.0 Å². The van der Waals surface area contributed by atoms with Crippen molar-refractivity contribution in [1.82, 2.24) is 9.29 Å². The lowest BCUT2D eigenvalue weighted by atomic mass is 10.0. The molecule has 112 valence electrons. The molecule has 1 fully saturated rings. The molecule has 0 amide bonds. The van der Waals surface area contributed by atoms with Crippen LogP contribution in [-0.2, 0) is 10.0 Å². The Balaban J connectivity index is 2.23. The summed E-state index contributed by atoms with van der Waals surface area (Å²) < 4.78 is 27.1. The Labute approximate surface area is 121 Å². The minimum Gasteiger partial charge on any atom is -0.369 e. The van der Waals surface area contributed by atoms with Crippen LogP contribution in [0.25, 0.3) is 0 Å². The lowest BCUT2D eigenvalue weighted by Crippen LogP contribution is -2.29. The number of sulfonamides is 1. The van der Waals surface area contributed by atoms with Crippen LogP contribution in [0, 0.1) is 5.92 Å². The zero-order valence-corrected chi connectivity index (χ0v) is 13.0. The SMILES string of the molecule is CCCC1CCN(S(=O)(=O)c2cccnc2NCC)C1. The topological polar surface area (TPSA) is 62.3 Å². The number of hydrogen-bond acceptors (Lipinski definition) is 4. The van der Waals surface area contributed by atoms with E-state index in [4.69, 9.17) is 0 Å². The van der Waals surface area contributed by atoms with E-state index in [1.165, 1.54) is 0 Å². The maximum absolute atomic E-state index is 12.7. The van der Waals surface area contributed by atoms with Crippen LogP contribution in [0.1, 0.15) is 33.1 Å². The second-order valence-corrected chi connectivity index (χ2v) is 7.09. The van der Waals surface area contributed by atoms with Crippen LogP contribution in [-0.4, -0.2) is 37.3 Å². The molecular formula is C14H23N3O2S. The van der Waals surface area contributed by atoms with Crippen molar-refractivity contribution in [2.45, 2.75) is 38.0 Å². The molecule has 0 radical (unpaired) electrons. The van der Waals surface area contributed by atoms with Gasteiger partial charge in [0.2, 0.25) is 10.0 Å². The van der Waals surface area contributed by atoms with Gasteiger partial charge in [-0.2, -0.15) is 4.31 Å². The first kappa shape index (κ1) is 15.3. The van der Waals surface area contributed by atoms with Crippen LogP contribution in [0.5, 0.6) is 0 Å². The van der Waals surface area contributed by atoms with E-state index in [1.807, 2.05) is 6.92 Å². The summed E-state index contributed by atoms with van der Waals surface area (Å²) in [4.78, 5) is 4.44. The number of rotatable bonds is 6. The smallest absolute Gasteiger partial charge is 0.246 e. The average molecular weight is 297 g/mol.